The van der Waals surface area contributed by atoms with Crippen molar-refractivity contribution in [1.29, 1.82) is 0 Å². The van der Waals surface area contributed by atoms with Gasteiger partial charge in [0.2, 0.25) is 5.54 Å². The van der Waals surface area contributed by atoms with Crippen LogP contribution in [-0.2, 0) is 14.4 Å². The Morgan fingerprint density at radius 1 is 1.11 bits per heavy atom. The Labute approximate surface area is 103 Å². The Morgan fingerprint density at radius 3 is 1.79 bits per heavy atom. The normalized spacial score (nSPS) is 14.5. The second-order valence-electron chi connectivity index (χ2n) is 3.07. The van der Waals surface area contributed by atoms with Gasteiger partial charge in [0, 0.05) is 0 Å². The summed E-state index contributed by atoms with van der Waals surface area (Å²) in [5.74, 6) is 0. The van der Waals surface area contributed by atoms with Gasteiger partial charge in [0.05, 0.1) is 5.09 Å². The average Bonchev–Trinajstić information content (AvgIpc) is 2.72. The van der Waals surface area contributed by atoms with Crippen molar-refractivity contribution in [2.75, 3.05) is 19.8 Å². The van der Waals surface area contributed by atoms with Crippen molar-refractivity contribution in [3.63, 3.8) is 0 Å². The van der Waals surface area contributed by atoms with Crippen molar-refractivity contribution in [1.82, 2.24) is 0 Å². The molecular formula is C5H8N4O10. The quantitative estimate of drug-likeness (QED) is 0.388. The Hall–Kier alpha value is -2.93. The highest BCUT2D eigenvalue weighted by Crippen LogP contribution is 2.04. The van der Waals surface area contributed by atoms with Gasteiger partial charge in [0.1, 0.15) is 0 Å². The van der Waals surface area contributed by atoms with E-state index in [9.17, 15) is 20.2 Å². The molecule has 0 atom stereocenters. The third kappa shape index (κ3) is 7.88. The molecule has 0 saturated carbocycles. The Bertz CT molecular complexity index is 347. The molecule has 0 radical (unpaired) electrons. The van der Waals surface area contributed by atoms with E-state index in [4.69, 9.17) is 20.1 Å². The molecule has 0 aliphatic carbocycles. The topological polar surface area (TPSA) is 194 Å². The van der Waals surface area contributed by atoms with E-state index in [1.54, 1.807) is 0 Å². The zero-order valence-corrected chi connectivity index (χ0v) is 9.12. The summed E-state index contributed by atoms with van der Waals surface area (Å²) in [5, 5.41) is 32.7. The first-order valence-electron chi connectivity index (χ1n) is 4.34. The molecule has 19 heavy (non-hydrogen) atoms. The fourth-order valence-corrected chi connectivity index (χ4v) is 0.970. The summed E-state index contributed by atoms with van der Waals surface area (Å²) < 4.78 is 4.78. The van der Waals surface area contributed by atoms with Crippen LogP contribution in [0, 0.1) is 35.6 Å². The Kier molecular flexibility index (Phi) is 6.26. The van der Waals surface area contributed by atoms with Crippen molar-refractivity contribution in [2.45, 2.75) is 5.54 Å². The minimum absolute atomic E-state index is 0.00528. The summed E-state index contributed by atoms with van der Waals surface area (Å²) in [6, 6.07) is 0. The van der Waals surface area contributed by atoms with Crippen LogP contribution in [0.3, 0.4) is 0 Å². The van der Waals surface area contributed by atoms with Crippen molar-refractivity contribution in [3.05, 3.63) is 35.6 Å². The first-order chi connectivity index (χ1) is 8.77. The molecule has 1 aliphatic rings. The second kappa shape index (κ2) is 7.41. The van der Waals surface area contributed by atoms with Gasteiger partial charge in [-0.2, -0.15) is 0 Å². The maximum Gasteiger partial charge on any atom is 0.323 e. The molecular weight excluding hydrogens is 276 g/mol. The van der Waals surface area contributed by atoms with E-state index < -0.39 is 34.0 Å². The van der Waals surface area contributed by atoms with Crippen LogP contribution in [0.4, 0.5) is 0 Å². The fourth-order valence-electron chi connectivity index (χ4n) is 0.970. The minimum Gasteiger partial charge on any atom is -0.443 e. The first-order valence-corrected chi connectivity index (χ1v) is 4.34. The molecule has 14 heteroatoms. The number of hydrogen-bond acceptors (Lipinski definition) is 10. The molecule has 1 rings (SSSR count). The van der Waals surface area contributed by atoms with Gasteiger partial charge in [0.25, 0.3) is 10.2 Å². The lowest BCUT2D eigenvalue weighted by atomic mass is 10.1. The van der Waals surface area contributed by atoms with Crippen LogP contribution in [-0.4, -0.2) is 47.0 Å². The highest BCUT2D eigenvalue weighted by atomic mass is 17.0. The molecule has 0 unspecified atom stereocenters. The number of nitrogens with zero attached hydrogens (tertiary/aromatic N) is 3. The molecule has 108 valence electrons. The van der Waals surface area contributed by atoms with Gasteiger partial charge in [0.15, 0.2) is 19.8 Å². The fraction of sp³-hybridized carbons (Fsp3) is 0.800. The van der Waals surface area contributed by atoms with Crippen LogP contribution >= 0.6 is 0 Å². The molecule has 0 aromatic heterocycles. The lowest BCUT2D eigenvalue weighted by molar-refractivity contribution is -0.785. The van der Waals surface area contributed by atoms with Crippen LogP contribution in [0.1, 0.15) is 0 Å². The largest absolute Gasteiger partial charge is 0.443 e. The second-order valence-corrected chi connectivity index (χ2v) is 3.07. The predicted molar refractivity (Wildman–Crippen MR) is 52.0 cm³/mol. The van der Waals surface area contributed by atoms with Gasteiger partial charge >= 0.3 is 6.40 Å². The smallest absolute Gasteiger partial charge is 0.323 e. The molecule has 0 amide bonds. The van der Waals surface area contributed by atoms with E-state index in [1.165, 1.54) is 6.40 Å². The van der Waals surface area contributed by atoms with Crippen molar-refractivity contribution >= 4 is 6.40 Å². The highest BCUT2D eigenvalue weighted by molar-refractivity contribution is 5.40. The van der Waals surface area contributed by atoms with Gasteiger partial charge in [-0.15, -0.1) is 20.2 Å². The summed E-state index contributed by atoms with van der Waals surface area (Å²) in [5.41, 5.74) is -1.10. The number of ether oxygens (including phenoxy) is 1. The number of nitrogens with one attached hydrogen (secondary N) is 1. The lowest BCUT2D eigenvalue weighted by Gasteiger charge is -2.15. The third-order valence-electron chi connectivity index (χ3n) is 1.70. The molecule has 0 fully saturated rings. The molecule has 0 aromatic carbocycles. The van der Waals surface area contributed by atoms with Gasteiger partial charge in [-0.25, -0.2) is 4.99 Å². The van der Waals surface area contributed by atoms with Gasteiger partial charge in [-0.3, -0.25) is 0 Å². The zero-order chi connectivity index (χ0) is 14.9. The molecule has 1 N–H and O–H groups in total. The lowest BCUT2D eigenvalue weighted by Crippen LogP contribution is -2.86. The van der Waals surface area contributed by atoms with Crippen LogP contribution in [0.2, 0.25) is 0 Å². The van der Waals surface area contributed by atoms with Gasteiger partial charge in [-0.1, -0.05) is 0 Å². The van der Waals surface area contributed by atoms with Gasteiger partial charge in [-0.05, 0) is 0 Å². The first kappa shape index (κ1) is 16.1. The van der Waals surface area contributed by atoms with E-state index in [2.05, 4.69) is 14.7 Å². The average molecular weight is 284 g/mol. The van der Waals surface area contributed by atoms with Crippen LogP contribution in [0.25, 0.3) is 0 Å². The third-order valence-corrected chi connectivity index (χ3v) is 1.70. The van der Waals surface area contributed by atoms with E-state index in [1.807, 2.05) is 0 Å². The predicted octanol–water partition coefficient (Wildman–Crippen LogP) is -2.96. The van der Waals surface area contributed by atoms with Crippen molar-refractivity contribution < 1.29 is 34.7 Å². The molecule has 14 nitrogen and oxygen atoms in total. The number of hydrogen-bond donors (Lipinski definition) is 1. The molecule has 0 spiro atoms. The molecule has 0 aromatic rings. The highest BCUT2D eigenvalue weighted by Gasteiger charge is 2.42. The van der Waals surface area contributed by atoms with Crippen LogP contribution < -0.4 is 4.99 Å². The van der Waals surface area contributed by atoms with E-state index in [0.29, 0.717) is 0 Å². The Balaban J connectivity index is 0.000000711. The van der Waals surface area contributed by atoms with E-state index in [0.717, 1.165) is 0 Å². The van der Waals surface area contributed by atoms with Gasteiger partial charge < -0.3 is 29.7 Å². The van der Waals surface area contributed by atoms with Crippen molar-refractivity contribution in [2.24, 2.45) is 0 Å². The Morgan fingerprint density at radius 2 is 1.53 bits per heavy atom. The maximum absolute atomic E-state index is 9.97. The van der Waals surface area contributed by atoms with Crippen LogP contribution in [0.15, 0.2) is 0 Å². The van der Waals surface area contributed by atoms with E-state index in [-0.39, 0.29) is 6.61 Å². The standard InChI is InChI=1S/C5H7N3O7.NO3/c9-7(10)14-2-5(1-13-4-6-5)3-15-8(11)12;2-1(3)4/h4H,1-3H2;/q;-1/p+1. The summed E-state index contributed by atoms with van der Waals surface area (Å²) in [4.78, 5) is 39.0. The molecule has 0 saturated heterocycles. The monoisotopic (exact) mass is 284 g/mol. The summed E-state index contributed by atoms with van der Waals surface area (Å²) in [6.45, 7) is -0.802. The molecule has 1 aliphatic heterocycles. The summed E-state index contributed by atoms with van der Waals surface area (Å²) in [6.07, 6.45) is 1.17. The van der Waals surface area contributed by atoms with E-state index >= 15 is 0 Å². The molecule has 1 heterocycles. The minimum atomic E-state index is -1.75. The SMILES string of the molecule is O=[N+]([O-])OCC1(CO[N+](=O)[O-])COC=[NH+]1.O=[N+]([O-])[O-]. The van der Waals surface area contributed by atoms with Crippen molar-refractivity contribution in [3.8, 4) is 0 Å². The zero-order valence-electron chi connectivity index (χ0n) is 9.12. The van der Waals surface area contributed by atoms with Crippen LogP contribution in [0.5, 0.6) is 0 Å². The molecule has 0 bridgehead atoms. The summed E-state index contributed by atoms with van der Waals surface area (Å²) >= 11 is 0. The summed E-state index contributed by atoms with van der Waals surface area (Å²) in [7, 11) is 0. The maximum atomic E-state index is 9.97. The number of rotatable bonds is 6.